The van der Waals surface area contributed by atoms with E-state index in [1.807, 2.05) is 62.4 Å². The molecule has 1 N–H and O–H groups in total. The van der Waals surface area contributed by atoms with Crippen LogP contribution in [0, 0.1) is 5.92 Å². The maximum absolute atomic E-state index is 13.0. The Bertz CT molecular complexity index is 1040. The molecule has 2 aromatic rings. The van der Waals surface area contributed by atoms with Crippen molar-refractivity contribution >= 4 is 46.0 Å². The lowest BCUT2D eigenvalue weighted by atomic mass is 10.1. The summed E-state index contributed by atoms with van der Waals surface area (Å²) < 4.78 is 0. The summed E-state index contributed by atoms with van der Waals surface area (Å²) in [5, 5.41) is 3.40. The lowest BCUT2D eigenvalue weighted by molar-refractivity contribution is -0.125. The number of fused-ring (bicyclic) bond motifs is 3. The molecule has 0 aromatic heterocycles. The molecular formula is C23H24N4O2S. The SMILES string of the molecule is CCc1ccc(NC(=O)CSC2=Nc3ccccc3C3=NC(C(C)C)C(=O)N23)cc1. The summed E-state index contributed by atoms with van der Waals surface area (Å²) in [7, 11) is 0. The van der Waals surface area contributed by atoms with Crippen LogP contribution in [-0.2, 0) is 16.0 Å². The maximum Gasteiger partial charge on any atom is 0.259 e. The van der Waals surface area contributed by atoms with Crippen LogP contribution in [0.1, 0.15) is 31.9 Å². The summed E-state index contributed by atoms with van der Waals surface area (Å²) >= 11 is 1.25. The second kappa shape index (κ2) is 8.44. The van der Waals surface area contributed by atoms with E-state index in [-0.39, 0.29) is 23.5 Å². The van der Waals surface area contributed by atoms with Gasteiger partial charge in [-0.15, -0.1) is 0 Å². The van der Waals surface area contributed by atoms with E-state index >= 15 is 0 Å². The smallest absolute Gasteiger partial charge is 0.259 e. The number of nitrogens with zero attached hydrogens (tertiary/aromatic N) is 3. The predicted molar refractivity (Wildman–Crippen MR) is 122 cm³/mol. The number of carbonyl (C=O) groups is 2. The van der Waals surface area contributed by atoms with Crippen molar-refractivity contribution < 1.29 is 9.59 Å². The van der Waals surface area contributed by atoms with Crippen LogP contribution in [0.2, 0.25) is 0 Å². The number of amidine groups is 2. The second-order valence-electron chi connectivity index (χ2n) is 7.61. The quantitative estimate of drug-likeness (QED) is 0.786. The number of aryl methyl sites for hydroxylation is 1. The number of nitrogens with one attached hydrogen (secondary N) is 1. The van der Waals surface area contributed by atoms with Crippen LogP contribution in [0.3, 0.4) is 0 Å². The highest BCUT2D eigenvalue weighted by molar-refractivity contribution is 8.14. The van der Waals surface area contributed by atoms with Crippen molar-refractivity contribution in [1.82, 2.24) is 4.90 Å². The summed E-state index contributed by atoms with van der Waals surface area (Å²) in [5.74, 6) is 0.637. The van der Waals surface area contributed by atoms with Gasteiger partial charge in [-0.1, -0.05) is 56.8 Å². The van der Waals surface area contributed by atoms with Gasteiger partial charge in [-0.05, 0) is 42.2 Å². The van der Waals surface area contributed by atoms with Gasteiger partial charge in [0.05, 0.1) is 11.4 Å². The van der Waals surface area contributed by atoms with E-state index in [0.29, 0.717) is 11.0 Å². The minimum atomic E-state index is -0.428. The molecule has 7 heteroatoms. The van der Waals surface area contributed by atoms with Crippen LogP contribution < -0.4 is 5.32 Å². The first kappa shape index (κ1) is 20.3. The van der Waals surface area contributed by atoms with Gasteiger partial charge in [0.2, 0.25) is 5.91 Å². The van der Waals surface area contributed by atoms with E-state index in [4.69, 9.17) is 4.99 Å². The molecule has 0 bridgehead atoms. The zero-order valence-electron chi connectivity index (χ0n) is 17.3. The van der Waals surface area contributed by atoms with Crippen LogP contribution in [0.25, 0.3) is 0 Å². The van der Waals surface area contributed by atoms with Crippen LogP contribution >= 0.6 is 11.8 Å². The van der Waals surface area contributed by atoms with Gasteiger partial charge >= 0.3 is 0 Å². The molecule has 2 aliphatic heterocycles. The molecular weight excluding hydrogens is 396 g/mol. The van der Waals surface area contributed by atoms with Crippen LogP contribution in [0.15, 0.2) is 58.5 Å². The molecule has 4 rings (SSSR count). The molecule has 2 amide bonds. The fourth-order valence-electron chi connectivity index (χ4n) is 3.45. The third kappa shape index (κ3) is 3.89. The van der Waals surface area contributed by atoms with E-state index in [2.05, 4.69) is 17.2 Å². The molecule has 0 saturated heterocycles. The van der Waals surface area contributed by atoms with Gasteiger partial charge in [0.1, 0.15) is 11.9 Å². The number of hydrogen-bond donors (Lipinski definition) is 1. The van der Waals surface area contributed by atoms with Crippen LogP contribution in [0.5, 0.6) is 0 Å². The zero-order valence-corrected chi connectivity index (χ0v) is 18.1. The maximum atomic E-state index is 13.0. The highest BCUT2D eigenvalue weighted by atomic mass is 32.2. The number of rotatable bonds is 5. The van der Waals surface area contributed by atoms with E-state index in [1.165, 1.54) is 17.3 Å². The molecule has 6 nitrogen and oxygen atoms in total. The molecule has 1 atom stereocenters. The van der Waals surface area contributed by atoms with Gasteiger partial charge in [-0.3, -0.25) is 14.6 Å². The van der Waals surface area contributed by atoms with Gasteiger partial charge in [0.25, 0.3) is 5.91 Å². The minimum Gasteiger partial charge on any atom is -0.325 e. The fourth-order valence-corrected chi connectivity index (χ4v) is 4.25. The number of thioether (sulfide) groups is 1. The third-order valence-corrected chi connectivity index (χ3v) is 6.05. The molecule has 1 unspecified atom stereocenters. The second-order valence-corrected chi connectivity index (χ2v) is 8.56. The van der Waals surface area contributed by atoms with Gasteiger partial charge in [0, 0.05) is 11.3 Å². The van der Waals surface area contributed by atoms with E-state index < -0.39 is 6.04 Å². The highest BCUT2D eigenvalue weighted by Crippen LogP contribution is 2.34. The Kier molecular flexibility index (Phi) is 5.72. The lowest BCUT2D eigenvalue weighted by Gasteiger charge is -2.25. The number of hydrogen-bond acceptors (Lipinski definition) is 5. The number of benzene rings is 2. The Balaban J connectivity index is 1.52. The van der Waals surface area contributed by atoms with E-state index in [9.17, 15) is 9.59 Å². The third-order valence-electron chi connectivity index (χ3n) is 5.11. The minimum absolute atomic E-state index is 0.0865. The molecule has 0 radical (unpaired) electrons. The molecule has 0 fully saturated rings. The normalized spacial score (nSPS) is 17.4. The first-order valence-electron chi connectivity index (χ1n) is 10.1. The standard InChI is InChI=1S/C23H24N4O2S/c1-4-15-9-11-16(12-10-15)24-19(28)13-30-23-25-18-8-6-5-7-17(18)21-26-20(14(2)3)22(29)27(21)23/h5-12,14,20H,4,13H2,1-3H3,(H,24,28). The average Bonchev–Trinajstić information content (AvgIpc) is 3.11. The van der Waals surface area contributed by atoms with E-state index in [1.54, 1.807) is 4.90 Å². The Morgan fingerprint density at radius 3 is 2.60 bits per heavy atom. The molecule has 2 aromatic carbocycles. The number of para-hydroxylation sites is 1. The van der Waals surface area contributed by atoms with Crippen molar-refractivity contribution in [3.05, 3.63) is 59.7 Å². The van der Waals surface area contributed by atoms with Gasteiger partial charge in [-0.25, -0.2) is 9.89 Å². The van der Waals surface area contributed by atoms with Gasteiger partial charge in [0.15, 0.2) is 5.17 Å². The van der Waals surface area contributed by atoms with E-state index in [0.717, 1.165) is 23.4 Å². The molecule has 0 spiro atoms. The fraction of sp³-hybridized carbons (Fsp3) is 0.304. The van der Waals surface area contributed by atoms with Crippen molar-refractivity contribution in [3.8, 4) is 0 Å². The van der Waals surface area contributed by atoms with Crippen LogP contribution in [0.4, 0.5) is 11.4 Å². The lowest BCUT2D eigenvalue weighted by Crippen LogP contribution is -2.42. The Morgan fingerprint density at radius 2 is 1.90 bits per heavy atom. The first-order valence-corrected chi connectivity index (χ1v) is 11.1. The van der Waals surface area contributed by atoms with Crippen molar-refractivity contribution in [1.29, 1.82) is 0 Å². The largest absolute Gasteiger partial charge is 0.325 e. The molecule has 0 saturated carbocycles. The summed E-state index contributed by atoms with van der Waals surface area (Å²) in [6, 6.07) is 15.0. The van der Waals surface area contributed by atoms with Crippen LogP contribution in [-0.4, -0.2) is 39.5 Å². The molecule has 2 heterocycles. The topological polar surface area (TPSA) is 74.1 Å². The number of amides is 2. The van der Waals surface area contributed by atoms with Crippen molar-refractivity contribution in [2.24, 2.45) is 15.9 Å². The Morgan fingerprint density at radius 1 is 1.17 bits per heavy atom. The summed E-state index contributed by atoms with van der Waals surface area (Å²) in [6.07, 6.45) is 0.955. The van der Waals surface area contributed by atoms with Crippen molar-refractivity contribution in [2.45, 2.75) is 33.2 Å². The zero-order chi connectivity index (χ0) is 21.3. The Labute approximate surface area is 180 Å². The predicted octanol–water partition coefficient (Wildman–Crippen LogP) is 4.24. The highest BCUT2D eigenvalue weighted by Gasteiger charge is 2.42. The van der Waals surface area contributed by atoms with Crippen molar-refractivity contribution in [2.75, 3.05) is 11.1 Å². The summed E-state index contributed by atoms with van der Waals surface area (Å²) in [4.78, 5) is 36.4. The number of carbonyl (C=O) groups excluding carboxylic acids is 2. The first-order chi connectivity index (χ1) is 14.5. The van der Waals surface area contributed by atoms with Gasteiger partial charge < -0.3 is 5.32 Å². The monoisotopic (exact) mass is 420 g/mol. The average molecular weight is 421 g/mol. The van der Waals surface area contributed by atoms with Gasteiger partial charge in [-0.2, -0.15) is 0 Å². The number of aliphatic imine (C=N–C) groups is 2. The molecule has 0 aliphatic carbocycles. The molecule has 30 heavy (non-hydrogen) atoms. The molecule has 154 valence electrons. The summed E-state index contributed by atoms with van der Waals surface area (Å²) in [5.41, 5.74) is 3.59. The van der Waals surface area contributed by atoms with Crippen molar-refractivity contribution in [3.63, 3.8) is 0 Å². The Hall–Kier alpha value is -2.93. The molecule has 2 aliphatic rings. The summed E-state index contributed by atoms with van der Waals surface area (Å²) in [6.45, 7) is 6.06. The number of anilines is 1.